The van der Waals surface area contributed by atoms with Gasteiger partial charge in [0.25, 0.3) is 0 Å². The summed E-state index contributed by atoms with van der Waals surface area (Å²) in [5.74, 6) is 0. The van der Waals surface area contributed by atoms with Crippen LogP contribution in [0, 0.1) is 0 Å². The minimum Gasteiger partial charge on any atom is -0.390 e. The van der Waals surface area contributed by atoms with Crippen molar-refractivity contribution in [1.29, 1.82) is 0 Å². The third-order valence-electron chi connectivity index (χ3n) is 1.95. The van der Waals surface area contributed by atoms with E-state index in [1.165, 1.54) is 0 Å². The third-order valence-corrected chi connectivity index (χ3v) is 2.79. The highest BCUT2D eigenvalue weighted by atomic mass is 31.2. The van der Waals surface area contributed by atoms with E-state index in [2.05, 4.69) is 0 Å². The van der Waals surface area contributed by atoms with Gasteiger partial charge in [-0.2, -0.15) is 0 Å². The van der Waals surface area contributed by atoms with E-state index in [0.717, 1.165) is 0 Å². The van der Waals surface area contributed by atoms with Crippen LogP contribution in [0.4, 0.5) is 0 Å². The Bertz CT molecular complexity index is 263. The van der Waals surface area contributed by atoms with Crippen LogP contribution in [0.15, 0.2) is 0 Å². The van der Waals surface area contributed by atoms with Crippen molar-refractivity contribution in [3.05, 3.63) is 0 Å². The molecule has 0 saturated heterocycles. The molecule has 0 amide bonds. The standard InChI is InChI=1S/C7H15O8P/c8-3-5(10)7(12)6(11)4(9)1-2-16(13,14)15/h3-7,9-12H,1-2H2,(H2,13,14,15)/t4-,5+,6-,7-/m1/s1. The zero-order valence-electron chi connectivity index (χ0n) is 8.25. The molecule has 8 nitrogen and oxygen atoms in total. The van der Waals surface area contributed by atoms with Gasteiger partial charge in [-0.25, -0.2) is 0 Å². The zero-order valence-corrected chi connectivity index (χ0v) is 9.14. The van der Waals surface area contributed by atoms with Crippen LogP contribution in [0.25, 0.3) is 0 Å². The van der Waals surface area contributed by atoms with Gasteiger partial charge >= 0.3 is 7.60 Å². The Labute approximate surface area is 91.3 Å². The van der Waals surface area contributed by atoms with Crippen molar-refractivity contribution >= 4 is 13.9 Å². The van der Waals surface area contributed by atoms with Crippen molar-refractivity contribution in [2.75, 3.05) is 6.16 Å². The molecular weight excluding hydrogens is 243 g/mol. The monoisotopic (exact) mass is 258 g/mol. The smallest absolute Gasteiger partial charge is 0.325 e. The highest BCUT2D eigenvalue weighted by Gasteiger charge is 2.31. The Balaban J connectivity index is 4.22. The first-order valence-corrected chi connectivity index (χ1v) is 6.21. The summed E-state index contributed by atoms with van der Waals surface area (Å²) in [5.41, 5.74) is 0. The number of aliphatic hydroxyl groups is 4. The van der Waals surface area contributed by atoms with E-state index in [0.29, 0.717) is 0 Å². The number of carbonyl (C=O) groups excluding carboxylic acids is 1. The van der Waals surface area contributed by atoms with Crippen LogP contribution >= 0.6 is 7.60 Å². The summed E-state index contributed by atoms with van der Waals surface area (Å²) in [5, 5.41) is 36.4. The molecule has 0 aromatic carbocycles. The summed E-state index contributed by atoms with van der Waals surface area (Å²) in [4.78, 5) is 27.0. The maximum Gasteiger partial charge on any atom is 0.325 e. The summed E-state index contributed by atoms with van der Waals surface area (Å²) in [6, 6.07) is 0. The quantitative estimate of drug-likeness (QED) is 0.211. The Kier molecular flexibility index (Phi) is 6.27. The Hall–Kier alpha value is -0.340. The highest BCUT2D eigenvalue weighted by Crippen LogP contribution is 2.35. The van der Waals surface area contributed by atoms with Crippen LogP contribution in [0.3, 0.4) is 0 Å². The molecule has 0 saturated carbocycles. The zero-order chi connectivity index (χ0) is 12.9. The van der Waals surface area contributed by atoms with E-state index in [1.54, 1.807) is 0 Å². The molecule has 0 rings (SSSR count). The summed E-state index contributed by atoms with van der Waals surface area (Å²) in [6.45, 7) is 0. The van der Waals surface area contributed by atoms with E-state index in [1.807, 2.05) is 0 Å². The summed E-state index contributed by atoms with van der Waals surface area (Å²) in [6.07, 6.45) is -8.42. The van der Waals surface area contributed by atoms with Crippen molar-refractivity contribution in [3.63, 3.8) is 0 Å². The molecule has 0 aliphatic carbocycles. The fraction of sp³-hybridized carbons (Fsp3) is 0.857. The van der Waals surface area contributed by atoms with Gasteiger partial charge in [-0.15, -0.1) is 0 Å². The minimum absolute atomic E-state index is 0.0242. The summed E-state index contributed by atoms with van der Waals surface area (Å²) >= 11 is 0. The molecule has 16 heavy (non-hydrogen) atoms. The van der Waals surface area contributed by atoms with Gasteiger partial charge in [0.2, 0.25) is 0 Å². The molecule has 4 atom stereocenters. The average Bonchev–Trinajstić information content (AvgIpc) is 2.21. The number of hydrogen-bond acceptors (Lipinski definition) is 6. The molecule has 0 unspecified atom stereocenters. The van der Waals surface area contributed by atoms with E-state index in [-0.39, 0.29) is 6.29 Å². The number of carbonyl (C=O) groups is 1. The van der Waals surface area contributed by atoms with Gasteiger partial charge < -0.3 is 35.0 Å². The fourth-order valence-electron chi connectivity index (χ4n) is 0.981. The number of rotatable bonds is 7. The number of aliphatic hydroxyl groups excluding tert-OH is 4. The SMILES string of the molecule is O=C[C@H](O)[C@@H](O)[C@H](O)[C@H](O)CCP(=O)(O)O. The molecular formula is C7H15O8P. The van der Waals surface area contributed by atoms with Gasteiger partial charge in [-0.05, 0) is 6.42 Å². The first kappa shape index (κ1) is 15.7. The minimum atomic E-state index is -4.30. The molecule has 6 N–H and O–H groups in total. The lowest BCUT2D eigenvalue weighted by Gasteiger charge is -2.24. The molecule has 0 bridgehead atoms. The predicted octanol–water partition coefficient (Wildman–Crippen LogP) is -2.80. The first-order chi connectivity index (χ1) is 7.19. The first-order valence-electron chi connectivity index (χ1n) is 4.41. The van der Waals surface area contributed by atoms with Crippen LogP contribution in [0.2, 0.25) is 0 Å². The average molecular weight is 258 g/mol. The second-order valence-electron chi connectivity index (χ2n) is 3.35. The number of aldehydes is 1. The highest BCUT2D eigenvalue weighted by molar-refractivity contribution is 7.51. The van der Waals surface area contributed by atoms with Crippen molar-refractivity contribution in [2.24, 2.45) is 0 Å². The largest absolute Gasteiger partial charge is 0.390 e. The Morgan fingerprint density at radius 3 is 1.94 bits per heavy atom. The maximum absolute atomic E-state index is 10.5. The lowest BCUT2D eigenvalue weighted by Crippen LogP contribution is -2.45. The molecule has 0 aromatic heterocycles. The van der Waals surface area contributed by atoms with Crippen LogP contribution in [0.1, 0.15) is 6.42 Å². The third kappa shape index (κ3) is 5.66. The van der Waals surface area contributed by atoms with E-state index >= 15 is 0 Å². The maximum atomic E-state index is 10.5. The fourth-order valence-corrected chi connectivity index (χ4v) is 1.58. The normalized spacial score (nSPS) is 19.9. The molecule has 96 valence electrons. The molecule has 0 fully saturated rings. The van der Waals surface area contributed by atoms with Gasteiger partial charge in [-0.1, -0.05) is 0 Å². The number of hydrogen-bond donors (Lipinski definition) is 6. The van der Waals surface area contributed by atoms with E-state index in [9.17, 15) is 19.6 Å². The molecule has 0 radical (unpaired) electrons. The summed E-state index contributed by atoms with van der Waals surface area (Å²) < 4.78 is 10.5. The van der Waals surface area contributed by atoms with Crippen molar-refractivity contribution in [2.45, 2.75) is 30.8 Å². The van der Waals surface area contributed by atoms with Crippen molar-refractivity contribution in [3.8, 4) is 0 Å². The van der Waals surface area contributed by atoms with E-state index in [4.69, 9.17) is 20.0 Å². The van der Waals surface area contributed by atoms with Crippen molar-refractivity contribution < 1.29 is 39.6 Å². The molecule has 0 aliphatic rings. The second-order valence-corrected chi connectivity index (χ2v) is 5.13. The van der Waals surface area contributed by atoms with Gasteiger partial charge in [0.05, 0.1) is 12.3 Å². The van der Waals surface area contributed by atoms with Crippen LogP contribution < -0.4 is 0 Å². The van der Waals surface area contributed by atoms with Gasteiger partial charge in [0.15, 0.2) is 6.29 Å². The lowest BCUT2D eigenvalue weighted by atomic mass is 10.0. The van der Waals surface area contributed by atoms with Crippen LogP contribution in [-0.4, -0.2) is 67.1 Å². The summed E-state index contributed by atoms with van der Waals surface area (Å²) in [7, 11) is -4.30. The molecule has 0 aliphatic heterocycles. The van der Waals surface area contributed by atoms with E-state index < -0.39 is 44.6 Å². The lowest BCUT2D eigenvalue weighted by molar-refractivity contribution is -0.133. The molecule has 0 aromatic rings. The van der Waals surface area contributed by atoms with Crippen molar-refractivity contribution in [1.82, 2.24) is 0 Å². The van der Waals surface area contributed by atoms with Crippen LogP contribution in [-0.2, 0) is 9.36 Å². The van der Waals surface area contributed by atoms with Crippen LogP contribution in [0.5, 0.6) is 0 Å². The van der Waals surface area contributed by atoms with Gasteiger partial charge in [-0.3, -0.25) is 4.57 Å². The van der Waals surface area contributed by atoms with Gasteiger partial charge in [0.1, 0.15) is 18.3 Å². The Morgan fingerprint density at radius 2 is 1.56 bits per heavy atom. The molecule has 0 spiro atoms. The van der Waals surface area contributed by atoms with Gasteiger partial charge in [0, 0.05) is 0 Å². The molecule has 9 heteroatoms. The topological polar surface area (TPSA) is 156 Å². The Morgan fingerprint density at radius 1 is 1.06 bits per heavy atom. The molecule has 0 heterocycles. The second kappa shape index (κ2) is 6.41. The predicted molar refractivity (Wildman–Crippen MR) is 51.6 cm³/mol.